The Morgan fingerprint density at radius 2 is 2.08 bits per heavy atom. The number of nitrogens with two attached hydrogens (primary N) is 1. The van der Waals surface area contributed by atoms with Crippen molar-refractivity contribution in [2.75, 3.05) is 10.6 Å². The molecular formula is C17H18ClN5O2. The smallest absolute Gasteiger partial charge is 0.260 e. The van der Waals surface area contributed by atoms with Crippen LogP contribution in [0.25, 0.3) is 0 Å². The number of hydrogen-bond donors (Lipinski definition) is 4. The van der Waals surface area contributed by atoms with Gasteiger partial charge in [-0.05, 0) is 31.2 Å². The summed E-state index contributed by atoms with van der Waals surface area (Å²) >= 11 is 6.10. The summed E-state index contributed by atoms with van der Waals surface area (Å²) in [6, 6.07) is 4.73. The maximum Gasteiger partial charge on any atom is 0.260 e. The molecule has 5 N–H and O–H groups in total. The van der Waals surface area contributed by atoms with Gasteiger partial charge in [-0.3, -0.25) is 9.59 Å². The summed E-state index contributed by atoms with van der Waals surface area (Å²) in [7, 11) is 0. The number of carbonyl (C=O) groups is 2. The monoisotopic (exact) mass is 359 g/mol. The van der Waals surface area contributed by atoms with E-state index >= 15 is 0 Å². The number of allylic oxidation sites excluding steroid dienone is 2. The first kappa shape index (κ1) is 18.3. The highest BCUT2D eigenvalue weighted by Crippen LogP contribution is 2.26. The number of halogens is 1. The van der Waals surface area contributed by atoms with Crippen molar-refractivity contribution in [3.63, 3.8) is 0 Å². The van der Waals surface area contributed by atoms with Gasteiger partial charge in [0.1, 0.15) is 5.84 Å². The molecule has 25 heavy (non-hydrogen) atoms. The third-order valence-corrected chi connectivity index (χ3v) is 3.47. The third-order valence-electron chi connectivity index (χ3n) is 3.15. The van der Waals surface area contributed by atoms with E-state index in [4.69, 9.17) is 17.3 Å². The van der Waals surface area contributed by atoms with E-state index in [0.29, 0.717) is 33.6 Å². The molecule has 0 unspecified atom stereocenters. The Bertz CT molecular complexity index is 839. The Morgan fingerprint density at radius 1 is 1.36 bits per heavy atom. The van der Waals surface area contributed by atoms with Crippen LogP contribution in [-0.2, 0) is 9.59 Å². The van der Waals surface area contributed by atoms with E-state index in [1.165, 1.54) is 19.2 Å². The van der Waals surface area contributed by atoms with Gasteiger partial charge >= 0.3 is 0 Å². The van der Waals surface area contributed by atoms with Gasteiger partial charge in [0.05, 0.1) is 16.3 Å². The molecule has 0 aromatic heterocycles. The Hall–Kier alpha value is -3.06. The average molecular weight is 360 g/mol. The molecule has 1 aliphatic rings. The van der Waals surface area contributed by atoms with Crippen LogP contribution in [0.4, 0.5) is 11.4 Å². The number of hydrogen-bond acceptors (Lipinski definition) is 5. The van der Waals surface area contributed by atoms with E-state index in [1.54, 1.807) is 25.1 Å². The minimum absolute atomic E-state index is 0.163. The van der Waals surface area contributed by atoms with Crippen LogP contribution in [0.3, 0.4) is 0 Å². The van der Waals surface area contributed by atoms with E-state index in [1.807, 2.05) is 0 Å². The Kier molecular flexibility index (Phi) is 5.61. The minimum atomic E-state index is -0.459. The first-order chi connectivity index (χ1) is 11.8. The second-order valence-corrected chi connectivity index (χ2v) is 5.71. The third kappa shape index (κ3) is 4.71. The molecule has 1 aliphatic heterocycles. The standard InChI is InChI=1S/C17H18ClN5O2/c1-9-6-10(2)21-16(20-9)13(8-19)17(25)23-12-4-5-15(14(18)7-12)22-11(3)24/h4-8H,1,19H2,2-3H3,(H,20,21)(H,22,24)(H,23,25). The first-order valence-corrected chi connectivity index (χ1v) is 7.71. The highest BCUT2D eigenvalue weighted by molar-refractivity contribution is 6.34. The van der Waals surface area contributed by atoms with Gasteiger partial charge in [0.25, 0.3) is 5.91 Å². The van der Waals surface area contributed by atoms with Crippen molar-refractivity contribution in [3.05, 3.63) is 59.0 Å². The molecule has 0 bridgehead atoms. The molecule has 2 amide bonds. The maximum atomic E-state index is 12.5. The lowest BCUT2D eigenvalue weighted by molar-refractivity contribution is -0.114. The predicted molar refractivity (Wildman–Crippen MR) is 100 cm³/mol. The van der Waals surface area contributed by atoms with Crippen LogP contribution < -0.4 is 21.7 Å². The number of amides is 2. The molecule has 1 aromatic carbocycles. The lowest BCUT2D eigenvalue weighted by atomic mass is 10.2. The van der Waals surface area contributed by atoms with Crippen molar-refractivity contribution in [3.8, 4) is 0 Å². The van der Waals surface area contributed by atoms with Crippen LogP contribution in [0, 0.1) is 0 Å². The Labute approximate surface area is 150 Å². The number of nitrogens with one attached hydrogen (secondary N) is 3. The van der Waals surface area contributed by atoms with Crippen LogP contribution in [0.1, 0.15) is 13.8 Å². The maximum absolute atomic E-state index is 12.5. The summed E-state index contributed by atoms with van der Waals surface area (Å²) in [6.45, 7) is 6.97. The molecule has 1 aromatic rings. The lowest BCUT2D eigenvalue weighted by Crippen LogP contribution is -2.32. The molecule has 0 saturated heterocycles. The molecule has 1 heterocycles. The van der Waals surface area contributed by atoms with E-state index < -0.39 is 5.91 Å². The number of rotatable bonds is 4. The van der Waals surface area contributed by atoms with E-state index in [2.05, 4.69) is 27.5 Å². The second kappa shape index (κ2) is 7.67. The van der Waals surface area contributed by atoms with Gasteiger partial charge in [-0.2, -0.15) is 0 Å². The molecule has 130 valence electrons. The van der Waals surface area contributed by atoms with E-state index in [-0.39, 0.29) is 11.5 Å². The van der Waals surface area contributed by atoms with Crippen molar-refractivity contribution in [2.24, 2.45) is 10.7 Å². The number of carbonyl (C=O) groups excluding carboxylic acids is 2. The molecule has 0 fully saturated rings. The zero-order chi connectivity index (χ0) is 18.6. The molecule has 2 rings (SSSR count). The fourth-order valence-electron chi connectivity index (χ4n) is 2.15. The van der Waals surface area contributed by atoms with E-state index in [9.17, 15) is 9.59 Å². The topological polar surface area (TPSA) is 109 Å². The van der Waals surface area contributed by atoms with Gasteiger partial charge in [0.15, 0.2) is 0 Å². The summed E-state index contributed by atoms with van der Waals surface area (Å²) < 4.78 is 0. The van der Waals surface area contributed by atoms with Crippen molar-refractivity contribution in [2.45, 2.75) is 13.8 Å². The lowest BCUT2D eigenvalue weighted by Gasteiger charge is -2.17. The fourth-order valence-corrected chi connectivity index (χ4v) is 2.38. The zero-order valence-corrected chi connectivity index (χ0v) is 14.6. The van der Waals surface area contributed by atoms with Crippen LogP contribution in [0.5, 0.6) is 0 Å². The van der Waals surface area contributed by atoms with Gasteiger partial charge in [-0.25, -0.2) is 4.99 Å². The second-order valence-electron chi connectivity index (χ2n) is 5.31. The zero-order valence-electron chi connectivity index (χ0n) is 13.8. The number of anilines is 2. The van der Waals surface area contributed by atoms with Crippen molar-refractivity contribution in [1.29, 1.82) is 0 Å². The molecule has 0 aliphatic carbocycles. The molecule has 8 heteroatoms. The molecule has 0 spiro atoms. The van der Waals surface area contributed by atoms with Gasteiger partial charge < -0.3 is 21.7 Å². The van der Waals surface area contributed by atoms with Gasteiger partial charge in [-0.15, -0.1) is 0 Å². The van der Waals surface area contributed by atoms with Crippen molar-refractivity contribution < 1.29 is 9.59 Å². The largest absolute Gasteiger partial charge is 0.404 e. The van der Waals surface area contributed by atoms with Crippen molar-refractivity contribution in [1.82, 2.24) is 5.32 Å². The first-order valence-electron chi connectivity index (χ1n) is 7.34. The number of amidine groups is 1. The van der Waals surface area contributed by atoms with Gasteiger partial charge in [0.2, 0.25) is 5.91 Å². The number of aliphatic imine (C=N–C) groups is 1. The van der Waals surface area contributed by atoms with Crippen molar-refractivity contribution >= 4 is 40.6 Å². The van der Waals surface area contributed by atoms with Crippen LogP contribution in [0.2, 0.25) is 5.02 Å². The summed E-state index contributed by atoms with van der Waals surface area (Å²) in [5, 5.41) is 8.48. The molecular weight excluding hydrogens is 342 g/mol. The van der Waals surface area contributed by atoms with Gasteiger partial charge in [-0.1, -0.05) is 18.2 Å². The summed E-state index contributed by atoms with van der Waals surface area (Å²) in [4.78, 5) is 27.8. The average Bonchev–Trinajstić information content (AvgIpc) is 2.49. The summed E-state index contributed by atoms with van der Waals surface area (Å²) in [5.74, 6) is -0.386. The normalized spacial score (nSPS) is 14.2. The number of nitrogens with zero attached hydrogens (tertiary/aromatic N) is 1. The molecule has 0 radical (unpaired) electrons. The van der Waals surface area contributed by atoms with Gasteiger partial charge in [0, 0.05) is 30.2 Å². The quantitative estimate of drug-likeness (QED) is 0.619. The molecule has 0 saturated carbocycles. The summed E-state index contributed by atoms with van der Waals surface area (Å²) in [6.07, 6.45) is 2.91. The SMILES string of the molecule is C=C1C=C(C)N=C(C(=CN)C(=O)Nc2ccc(NC(C)=O)c(Cl)c2)N1. The van der Waals surface area contributed by atoms with Crippen LogP contribution in [-0.4, -0.2) is 17.6 Å². The van der Waals surface area contributed by atoms with E-state index in [0.717, 1.165) is 0 Å². The Morgan fingerprint density at radius 3 is 2.64 bits per heavy atom. The predicted octanol–water partition coefficient (Wildman–Crippen LogP) is 2.50. The Balaban J connectivity index is 2.18. The molecule has 0 atom stereocenters. The highest BCUT2D eigenvalue weighted by atomic mass is 35.5. The number of benzene rings is 1. The summed E-state index contributed by atoms with van der Waals surface area (Å²) in [5.41, 5.74) is 7.97. The molecule has 7 nitrogen and oxygen atoms in total. The fraction of sp³-hybridized carbons (Fsp3) is 0.118. The minimum Gasteiger partial charge on any atom is -0.404 e. The van der Waals surface area contributed by atoms with Crippen LogP contribution in [0.15, 0.2) is 59.0 Å². The highest BCUT2D eigenvalue weighted by Gasteiger charge is 2.19. The van der Waals surface area contributed by atoms with Crippen LogP contribution >= 0.6 is 11.6 Å².